The quantitative estimate of drug-likeness (QED) is 0.420. The summed E-state index contributed by atoms with van der Waals surface area (Å²) in [4.78, 5) is 0. The van der Waals surface area contributed by atoms with Gasteiger partial charge >= 0.3 is 0 Å². The van der Waals surface area contributed by atoms with Gasteiger partial charge in [-0.1, -0.05) is 11.6 Å². The second-order valence-corrected chi connectivity index (χ2v) is 1.58. The van der Waals surface area contributed by atoms with E-state index in [2.05, 4.69) is 0 Å². The third kappa shape index (κ3) is 6.21. The molecule has 8 heavy (non-hydrogen) atoms. The van der Waals surface area contributed by atoms with E-state index in [1.807, 2.05) is 0 Å². The predicted octanol–water partition coefficient (Wildman–Crippen LogP) is 1.24. The molecule has 0 bridgehead atoms. The molecule has 0 atom stereocenters. The number of hydrogen-bond acceptors (Lipinski definition) is 2. The lowest BCUT2D eigenvalue weighted by Crippen LogP contribution is -1.96. The summed E-state index contributed by atoms with van der Waals surface area (Å²) in [5, 5.41) is 0. The van der Waals surface area contributed by atoms with E-state index in [-0.39, 0.29) is 6.07 Å². The molecule has 0 radical (unpaired) electrons. The Morgan fingerprint density at radius 1 is 1.38 bits per heavy atom. The Morgan fingerprint density at radius 3 is 2.62 bits per heavy atom. The van der Waals surface area contributed by atoms with Crippen molar-refractivity contribution >= 4 is 11.6 Å². The van der Waals surface area contributed by atoms with E-state index in [0.29, 0.717) is 6.61 Å². The van der Waals surface area contributed by atoms with Gasteiger partial charge < -0.3 is 9.47 Å². The molecule has 0 aliphatic heterocycles. The van der Waals surface area contributed by atoms with Gasteiger partial charge in [0.25, 0.3) is 0 Å². The maximum atomic E-state index is 5.22. The van der Waals surface area contributed by atoms with Crippen molar-refractivity contribution in [2.24, 2.45) is 0 Å². The highest BCUT2D eigenvalue weighted by Crippen LogP contribution is 1.84. The second-order valence-electron chi connectivity index (χ2n) is 1.36. The first-order chi connectivity index (χ1) is 3.91. The summed E-state index contributed by atoms with van der Waals surface area (Å²) in [5.74, 6) is 0. The lowest BCUT2D eigenvalue weighted by molar-refractivity contribution is 0.129. The van der Waals surface area contributed by atoms with Crippen LogP contribution in [0.2, 0.25) is 0 Å². The highest BCUT2D eigenvalue weighted by Gasteiger charge is 1.83. The van der Waals surface area contributed by atoms with Crippen molar-refractivity contribution in [2.45, 2.75) is 6.42 Å². The molecule has 0 aromatic carbocycles. The molecule has 50 valence electrons. The first kappa shape index (κ1) is 8.21. The van der Waals surface area contributed by atoms with Gasteiger partial charge in [-0.05, 0) is 6.42 Å². The lowest BCUT2D eigenvalue weighted by Gasteiger charge is -1.96. The Balaban J connectivity index is 2.53. The summed E-state index contributed by atoms with van der Waals surface area (Å²) in [7, 11) is 1.67. The van der Waals surface area contributed by atoms with E-state index >= 15 is 0 Å². The van der Waals surface area contributed by atoms with Crippen molar-refractivity contribution in [3.8, 4) is 0 Å². The first-order valence-corrected chi connectivity index (χ1v) is 3.08. The van der Waals surface area contributed by atoms with Crippen LogP contribution in [0.25, 0.3) is 0 Å². The van der Waals surface area contributed by atoms with Gasteiger partial charge in [-0.15, -0.1) is 0 Å². The summed E-state index contributed by atoms with van der Waals surface area (Å²) < 4.78 is 9.59. The summed E-state index contributed by atoms with van der Waals surface area (Å²) >= 11 is 5.22. The number of methoxy groups -OCH3 is 1. The fraction of sp³-hybridized carbons (Fsp3) is 1.00. The summed E-state index contributed by atoms with van der Waals surface area (Å²) in [6, 6.07) is 0.281. The van der Waals surface area contributed by atoms with Gasteiger partial charge in [0.05, 0.1) is 6.61 Å². The average molecular weight is 139 g/mol. The summed E-state index contributed by atoms with van der Waals surface area (Å²) in [6.45, 7) is 1.44. The van der Waals surface area contributed by atoms with Crippen LogP contribution >= 0.6 is 11.6 Å². The highest BCUT2D eigenvalue weighted by molar-refractivity contribution is 6.17. The first-order valence-electron chi connectivity index (χ1n) is 2.54. The highest BCUT2D eigenvalue weighted by atomic mass is 35.5. The van der Waals surface area contributed by atoms with Crippen LogP contribution < -0.4 is 0 Å². The number of ether oxygens (including phenoxy) is 2. The summed E-state index contributed by atoms with van der Waals surface area (Å²) in [5.41, 5.74) is 0. The van der Waals surface area contributed by atoms with Crippen LogP contribution in [-0.4, -0.2) is 26.4 Å². The minimum atomic E-state index is 0.281. The summed E-state index contributed by atoms with van der Waals surface area (Å²) in [6.07, 6.45) is 0.920. The number of rotatable bonds is 5. The molecule has 0 heterocycles. The number of alkyl halides is 1. The van der Waals surface area contributed by atoms with Crippen LogP contribution in [0.3, 0.4) is 0 Å². The molecule has 0 amide bonds. The van der Waals surface area contributed by atoms with Gasteiger partial charge in [-0.3, -0.25) is 0 Å². The zero-order valence-electron chi connectivity index (χ0n) is 5.02. The van der Waals surface area contributed by atoms with Crippen molar-refractivity contribution in [3.63, 3.8) is 0 Å². The molecule has 0 unspecified atom stereocenters. The molecule has 0 aliphatic rings. The zero-order chi connectivity index (χ0) is 6.24. The van der Waals surface area contributed by atoms with E-state index in [0.717, 1.165) is 13.0 Å². The Bertz CT molecular complexity index is 35.4. The molecule has 3 heteroatoms. The van der Waals surface area contributed by atoms with Gasteiger partial charge in [-0.25, -0.2) is 0 Å². The molecular weight excluding hydrogens is 128 g/mol. The average Bonchev–Trinajstić information content (AvgIpc) is 1.81. The van der Waals surface area contributed by atoms with Crippen molar-refractivity contribution in [1.82, 2.24) is 0 Å². The monoisotopic (exact) mass is 138 g/mol. The topological polar surface area (TPSA) is 18.5 Å². The van der Waals surface area contributed by atoms with Gasteiger partial charge in [0.2, 0.25) is 0 Å². The van der Waals surface area contributed by atoms with Crippen LogP contribution in [0.4, 0.5) is 0 Å². The van der Waals surface area contributed by atoms with Crippen molar-refractivity contribution in [2.75, 3.05) is 26.4 Å². The molecule has 0 rings (SSSR count). The molecule has 0 spiro atoms. The van der Waals surface area contributed by atoms with Gasteiger partial charge in [-0.2, -0.15) is 0 Å². The van der Waals surface area contributed by atoms with E-state index in [9.17, 15) is 0 Å². The van der Waals surface area contributed by atoms with E-state index in [4.69, 9.17) is 21.1 Å². The third-order valence-corrected chi connectivity index (χ3v) is 0.869. The molecule has 0 aliphatic carbocycles. The SMILES string of the molecule is COCCCOCCl. The van der Waals surface area contributed by atoms with E-state index in [1.54, 1.807) is 7.11 Å². The molecule has 0 saturated carbocycles. The molecule has 0 aromatic heterocycles. The second kappa shape index (κ2) is 7.21. The van der Waals surface area contributed by atoms with Gasteiger partial charge in [0.1, 0.15) is 6.07 Å². The Labute approximate surface area is 54.7 Å². The Kier molecular flexibility index (Phi) is 7.40. The Morgan fingerprint density at radius 2 is 2.12 bits per heavy atom. The van der Waals surface area contributed by atoms with Gasteiger partial charge in [0, 0.05) is 13.7 Å². The van der Waals surface area contributed by atoms with Crippen LogP contribution in [-0.2, 0) is 9.47 Å². The predicted molar refractivity (Wildman–Crippen MR) is 33.2 cm³/mol. The van der Waals surface area contributed by atoms with Crippen LogP contribution in [0.15, 0.2) is 0 Å². The molecular formula is C5H11ClO2. The lowest BCUT2D eigenvalue weighted by atomic mass is 10.5. The van der Waals surface area contributed by atoms with E-state index < -0.39 is 0 Å². The smallest absolute Gasteiger partial charge is 0.120 e. The number of halogens is 1. The fourth-order valence-electron chi connectivity index (χ4n) is 0.360. The number of hydrogen-bond donors (Lipinski definition) is 0. The Hall–Kier alpha value is 0.210. The van der Waals surface area contributed by atoms with E-state index in [1.165, 1.54) is 0 Å². The molecule has 0 N–H and O–H groups in total. The minimum absolute atomic E-state index is 0.281. The van der Waals surface area contributed by atoms with Crippen molar-refractivity contribution in [3.05, 3.63) is 0 Å². The maximum absolute atomic E-state index is 5.22. The normalized spacial score (nSPS) is 9.75. The third-order valence-electron chi connectivity index (χ3n) is 0.714. The minimum Gasteiger partial charge on any atom is -0.385 e. The zero-order valence-corrected chi connectivity index (χ0v) is 5.78. The fourth-order valence-corrected chi connectivity index (χ4v) is 0.469. The van der Waals surface area contributed by atoms with Crippen LogP contribution in [0.5, 0.6) is 0 Å². The molecule has 2 nitrogen and oxygen atoms in total. The van der Waals surface area contributed by atoms with Crippen molar-refractivity contribution in [1.29, 1.82) is 0 Å². The standard InChI is InChI=1S/C5H11ClO2/c1-7-3-2-4-8-5-6/h2-5H2,1H3. The molecule has 0 fully saturated rings. The van der Waals surface area contributed by atoms with Crippen molar-refractivity contribution < 1.29 is 9.47 Å². The molecule has 0 saturated heterocycles. The van der Waals surface area contributed by atoms with Crippen LogP contribution in [0.1, 0.15) is 6.42 Å². The maximum Gasteiger partial charge on any atom is 0.120 e. The largest absolute Gasteiger partial charge is 0.385 e. The van der Waals surface area contributed by atoms with Crippen LogP contribution in [0, 0.1) is 0 Å². The molecule has 0 aromatic rings. The van der Waals surface area contributed by atoms with Gasteiger partial charge in [0.15, 0.2) is 0 Å².